The first-order valence-electron chi connectivity index (χ1n) is 10.4. The van der Waals surface area contributed by atoms with Crippen LogP contribution in [0.3, 0.4) is 0 Å². The van der Waals surface area contributed by atoms with Crippen molar-refractivity contribution in [3.05, 3.63) is 41.8 Å². The lowest BCUT2D eigenvalue weighted by Gasteiger charge is -2.30. The summed E-state index contributed by atoms with van der Waals surface area (Å²) in [7, 11) is 1.07. The van der Waals surface area contributed by atoms with Crippen molar-refractivity contribution >= 4 is 16.8 Å². The molecule has 1 aromatic heterocycles. The second-order valence-electron chi connectivity index (χ2n) is 7.56. The maximum absolute atomic E-state index is 12.1. The van der Waals surface area contributed by atoms with Gasteiger partial charge in [0.2, 0.25) is 5.89 Å². The zero-order chi connectivity index (χ0) is 20.6. The topological polar surface area (TPSA) is 79.5 Å². The van der Waals surface area contributed by atoms with Gasteiger partial charge < -0.3 is 15.1 Å². The average Bonchev–Trinajstić information content (AvgIpc) is 3.22. The molecule has 6 nitrogen and oxygen atoms in total. The van der Waals surface area contributed by atoms with Crippen LogP contribution in [0.1, 0.15) is 43.9 Å². The van der Waals surface area contributed by atoms with Gasteiger partial charge in [-0.25, -0.2) is 4.98 Å². The quantitative estimate of drug-likeness (QED) is 0.534. The minimum absolute atomic E-state index is 0.305. The molecule has 158 valence electrons. The summed E-state index contributed by atoms with van der Waals surface area (Å²) in [4.78, 5) is 8.93. The Bertz CT molecular complexity index is 832. The third kappa shape index (κ3) is 6.16. The van der Waals surface area contributed by atoms with Crippen LogP contribution in [0.2, 0.25) is 0 Å². The molecule has 0 aliphatic heterocycles. The van der Waals surface area contributed by atoms with E-state index < -0.39 is 10.8 Å². The van der Waals surface area contributed by atoms with Crippen molar-refractivity contribution in [1.29, 1.82) is 0 Å². The summed E-state index contributed by atoms with van der Waals surface area (Å²) in [5.74, 6) is 2.19. The molecule has 0 amide bonds. The maximum Gasteiger partial charge on any atom is 0.226 e. The molecule has 3 atom stereocenters. The Hall–Kier alpha value is -2.15. The summed E-state index contributed by atoms with van der Waals surface area (Å²) in [6, 6.07) is 8.50. The van der Waals surface area contributed by atoms with Gasteiger partial charge in [-0.2, -0.15) is 0 Å². The highest BCUT2D eigenvalue weighted by atomic mass is 32.2. The molecule has 29 heavy (non-hydrogen) atoms. The van der Waals surface area contributed by atoms with Crippen molar-refractivity contribution in [2.45, 2.75) is 57.2 Å². The fourth-order valence-corrected chi connectivity index (χ4v) is 5.05. The maximum atomic E-state index is 12.1. The Morgan fingerprint density at radius 3 is 2.83 bits per heavy atom. The van der Waals surface area contributed by atoms with E-state index in [0.29, 0.717) is 17.2 Å². The number of aryl methyl sites for hydroxylation is 1. The summed E-state index contributed by atoms with van der Waals surface area (Å²) >= 11 is 0. The lowest BCUT2D eigenvalue weighted by atomic mass is 9.95. The Morgan fingerprint density at radius 2 is 2.10 bits per heavy atom. The van der Waals surface area contributed by atoms with Crippen LogP contribution in [0.15, 0.2) is 39.9 Å². The van der Waals surface area contributed by atoms with Crippen molar-refractivity contribution in [1.82, 2.24) is 15.6 Å². The third-order valence-electron chi connectivity index (χ3n) is 5.37. The number of hydrogen-bond donors (Lipinski definition) is 2. The Labute approximate surface area is 176 Å². The number of aromatic nitrogens is 1. The number of oxazole rings is 1. The fourth-order valence-electron chi connectivity index (χ4n) is 3.70. The molecule has 1 aliphatic carbocycles. The van der Waals surface area contributed by atoms with Crippen LogP contribution in [0.25, 0.3) is 11.5 Å². The van der Waals surface area contributed by atoms with Gasteiger partial charge in [0.15, 0.2) is 5.96 Å². The molecule has 2 aromatic rings. The van der Waals surface area contributed by atoms with E-state index in [1.807, 2.05) is 19.1 Å². The van der Waals surface area contributed by atoms with Gasteiger partial charge in [0.05, 0.1) is 5.69 Å². The summed E-state index contributed by atoms with van der Waals surface area (Å²) in [5.41, 5.74) is 3.12. The van der Waals surface area contributed by atoms with E-state index >= 15 is 0 Å². The molecule has 1 fully saturated rings. The zero-order valence-corrected chi connectivity index (χ0v) is 18.4. The summed E-state index contributed by atoms with van der Waals surface area (Å²) in [6.07, 6.45) is 6.71. The SMILES string of the molecule is CCS(=O)C1CCCC(NC(=NC)NCCc2coc(-c3ccc(C)cc3)n2)C1. The van der Waals surface area contributed by atoms with Crippen LogP contribution >= 0.6 is 0 Å². The normalized spacial score (nSPS) is 21.0. The summed E-state index contributed by atoms with van der Waals surface area (Å²) < 4.78 is 17.8. The molecule has 1 aromatic carbocycles. The van der Waals surface area contributed by atoms with E-state index in [4.69, 9.17) is 4.42 Å². The fraction of sp³-hybridized carbons (Fsp3) is 0.545. The van der Waals surface area contributed by atoms with Gasteiger partial charge in [-0.15, -0.1) is 0 Å². The van der Waals surface area contributed by atoms with E-state index in [1.165, 1.54) is 5.56 Å². The van der Waals surface area contributed by atoms with Crippen molar-refractivity contribution in [2.75, 3.05) is 19.3 Å². The van der Waals surface area contributed by atoms with Gasteiger partial charge in [-0.3, -0.25) is 9.20 Å². The molecular formula is C22H32N4O2S. The Morgan fingerprint density at radius 1 is 1.31 bits per heavy atom. The lowest BCUT2D eigenvalue weighted by molar-refractivity contribution is 0.413. The predicted octanol–water partition coefficient (Wildman–Crippen LogP) is 3.44. The Balaban J connectivity index is 1.46. The lowest BCUT2D eigenvalue weighted by Crippen LogP contribution is -2.47. The largest absolute Gasteiger partial charge is 0.444 e. The number of rotatable bonds is 7. The van der Waals surface area contributed by atoms with Crippen molar-refractivity contribution in [2.24, 2.45) is 4.99 Å². The van der Waals surface area contributed by atoms with Crippen LogP contribution in [-0.2, 0) is 17.2 Å². The number of hydrogen-bond acceptors (Lipinski definition) is 4. The third-order valence-corrected chi connectivity index (χ3v) is 7.11. The van der Waals surface area contributed by atoms with Gasteiger partial charge in [0.25, 0.3) is 0 Å². The van der Waals surface area contributed by atoms with Gasteiger partial charge in [0, 0.05) is 53.4 Å². The first kappa shape index (κ1) is 21.6. The molecule has 1 heterocycles. The van der Waals surface area contributed by atoms with Gasteiger partial charge in [-0.05, 0) is 38.3 Å². The number of guanidine groups is 1. The highest BCUT2D eigenvalue weighted by molar-refractivity contribution is 7.85. The van der Waals surface area contributed by atoms with Crippen molar-refractivity contribution in [3.8, 4) is 11.5 Å². The van der Waals surface area contributed by atoms with Crippen molar-refractivity contribution in [3.63, 3.8) is 0 Å². The van der Waals surface area contributed by atoms with E-state index in [9.17, 15) is 4.21 Å². The molecule has 0 spiro atoms. The second kappa shape index (κ2) is 10.6. The van der Waals surface area contributed by atoms with Crippen LogP contribution in [0.4, 0.5) is 0 Å². The molecule has 1 saturated carbocycles. The minimum atomic E-state index is -0.715. The monoisotopic (exact) mass is 416 g/mol. The molecule has 0 bridgehead atoms. The van der Waals surface area contributed by atoms with Gasteiger partial charge in [0.1, 0.15) is 6.26 Å². The van der Waals surface area contributed by atoms with Gasteiger partial charge in [-0.1, -0.05) is 31.0 Å². The average molecular weight is 417 g/mol. The van der Waals surface area contributed by atoms with Crippen molar-refractivity contribution < 1.29 is 8.63 Å². The first-order chi connectivity index (χ1) is 14.1. The molecule has 0 radical (unpaired) electrons. The molecule has 3 unspecified atom stereocenters. The minimum Gasteiger partial charge on any atom is -0.444 e. The highest BCUT2D eigenvalue weighted by Crippen LogP contribution is 2.23. The van der Waals surface area contributed by atoms with Crippen LogP contribution in [-0.4, -0.2) is 45.8 Å². The molecule has 7 heteroatoms. The first-order valence-corrected chi connectivity index (χ1v) is 11.8. The number of aliphatic imine (C=N–C) groups is 1. The summed E-state index contributed by atoms with van der Waals surface area (Å²) in [5, 5.41) is 7.16. The van der Waals surface area contributed by atoms with Crippen LogP contribution in [0.5, 0.6) is 0 Å². The van der Waals surface area contributed by atoms with E-state index in [2.05, 4.69) is 39.7 Å². The standard InChI is InChI=1S/C22H32N4O2S/c1-4-29(27)20-7-5-6-18(14-20)26-22(23-3)24-13-12-19-15-28-21(25-19)17-10-8-16(2)9-11-17/h8-11,15,18,20H,4-7,12-14H2,1-3H3,(H2,23,24,26). The number of nitrogens with one attached hydrogen (secondary N) is 2. The van der Waals surface area contributed by atoms with Gasteiger partial charge >= 0.3 is 0 Å². The molecular weight excluding hydrogens is 384 g/mol. The second-order valence-corrected chi connectivity index (χ2v) is 9.56. The summed E-state index contributed by atoms with van der Waals surface area (Å²) in [6.45, 7) is 4.78. The molecule has 2 N–H and O–H groups in total. The van der Waals surface area contributed by atoms with Crippen LogP contribution < -0.4 is 10.6 Å². The highest BCUT2D eigenvalue weighted by Gasteiger charge is 2.26. The number of nitrogens with zero attached hydrogens (tertiary/aromatic N) is 2. The van der Waals surface area contributed by atoms with E-state index in [-0.39, 0.29) is 0 Å². The van der Waals surface area contributed by atoms with Crippen LogP contribution in [0, 0.1) is 6.92 Å². The van der Waals surface area contributed by atoms with E-state index in [1.54, 1.807) is 13.3 Å². The number of benzene rings is 1. The molecule has 0 saturated heterocycles. The molecule has 1 aliphatic rings. The Kier molecular flexibility index (Phi) is 7.86. The smallest absolute Gasteiger partial charge is 0.226 e. The zero-order valence-electron chi connectivity index (χ0n) is 17.6. The van der Waals surface area contributed by atoms with E-state index in [0.717, 1.165) is 61.6 Å². The predicted molar refractivity (Wildman–Crippen MR) is 120 cm³/mol. The molecule has 3 rings (SSSR count).